The first-order chi connectivity index (χ1) is 18.4. The van der Waals surface area contributed by atoms with Gasteiger partial charge in [-0.1, -0.05) is 6.07 Å². The van der Waals surface area contributed by atoms with Gasteiger partial charge in [0.25, 0.3) is 0 Å². The van der Waals surface area contributed by atoms with Crippen molar-refractivity contribution in [3.63, 3.8) is 0 Å². The second-order valence-electron chi connectivity index (χ2n) is 9.87. The van der Waals surface area contributed by atoms with Crippen LogP contribution in [0.1, 0.15) is 39.7 Å². The molecule has 210 valence electrons. The molecule has 39 heavy (non-hydrogen) atoms. The molecular weight excluding hydrogens is 518 g/mol. The molecule has 0 aliphatic heterocycles. The minimum atomic E-state index is -3.67. The lowest BCUT2D eigenvalue weighted by Crippen LogP contribution is -2.40. The fraction of sp³-hybridized carbons (Fsp3) is 0.370. The van der Waals surface area contributed by atoms with Crippen LogP contribution in [0.2, 0.25) is 0 Å². The lowest BCUT2D eigenvalue weighted by atomic mass is 10.1. The second-order valence-corrected chi connectivity index (χ2v) is 11.6. The number of aryl methyl sites for hydroxylation is 1. The first kappa shape index (κ1) is 29.7. The van der Waals surface area contributed by atoms with Crippen LogP contribution in [0.15, 0.2) is 59.6 Å². The molecule has 0 fully saturated rings. The Morgan fingerprint density at radius 2 is 1.74 bits per heavy atom. The summed E-state index contributed by atoms with van der Waals surface area (Å²) in [6.07, 6.45) is 2.37. The molecule has 2 aromatic carbocycles. The normalized spacial score (nSPS) is 11.5. The Bertz CT molecular complexity index is 1360. The number of hydrogen-bond donors (Lipinski definition) is 5. The number of ether oxygens (including phenoxy) is 1. The van der Waals surface area contributed by atoms with Crippen LogP contribution in [0, 0.1) is 6.92 Å². The predicted octanol–water partition coefficient (Wildman–Crippen LogP) is 4.44. The number of benzene rings is 2. The number of amides is 2. The number of anilines is 4. The molecule has 0 aliphatic rings. The van der Waals surface area contributed by atoms with E-state index in [1.807, 2.05) is 38.1 Å². The van der Waals surface area contributed by atoms with E-state index < -0.39 is 15.6 Å². The Morgan fingerprint density at radius 1 is 1.00 bits per heavy atom. The molecule has 11 nitrogen and oxygen atoms in total. The molecule has 12 heteroatoms. The molecular formula is C27H37N7O4S. The van der Waals surface area contributed by atoms with Crippen LogP contribution >= 0.6 is 0 Å². The van der Waals surface area contributed by atoms with Crippen LogP contribution in [0.5, 0.6) is 5.75 Å². The van der Waals surface area contributed by atoms with Gasteiger partial charge in [-0.25, -0.2) is 22.9 Å². The highest BCUT2D eigenvalue weighted by molar-refractivity contribution is 7.89. The third kappa shape index (κ3) is 9.73. The van der Waals surface area contributed by atoms with Gasteiger partial charge in [-0.05, 0) is 83.5 Å². The van der Waals surface area contributed by atoms with Gasteiger partial charge in [-0.15, -0.1) is 0 Å². The highest BCUT2D eigenvalue weighted by Gasteiger charge is 2.22. The zero-order chi connectivity index (χ0) is 28.5. The van der Waals surface area contributed by atoms with Gasteiger partial charge in [-0.2, -0.15) is 4.98 Å². The lowest BCUT2D eigenvalue weighted by Gasteiger charge is -2.20. The van der Waals surface area contributed by atoms with Crippen LogP contribution in [0.25, 0.3) is 0 Å². The summed E-state index contributed by atoms with van der Waals surface area (Å²) in [4.78, 5) is 20.5. The van der Waals surface area contributed by atoms with Gasteiger partial charge in [0.2, 0.25) is 16.0 Å². The summed E-state index contributed by atoms with van der Waals surface area (Å²) in [6.45, 7) is 10.7. The molecule has 3 aromatic rings. The van der Waals surface area contributed by atoms with Gasteiger partial charge >= 0.3 is 6.03 Å². The fourth-order valence-electron chi connectivity index (χ4n) is 3.42. The average molecular weight is 556 g/mol. The van der Waals surface area contributed by atoms with E-state index in [1.54, 1.807) is 51.2 Å². The smallest absolute Gasteiger partial charge is 0.314 e. The van der Waals surface area contributed by atoms with E-state index in [2.05, 4.69) is 36.0 Å². The van der Waals surface area contributed by atoms with E-state index >= 15 is 0 Å². The van der Waals surface area contributed by atoms with Crippen LogP contribution in [-0.4, -0.2) is 49.7 Å². The Balaban J connectivity index is 1.60. The number of nitrogens with zero attached hydrogens (tertiary/aromatic N) is 2. The minimum absolute atomic E-state index is 0.160. The van der Waals surface area contributed by atoms with E-state index in [-0.39, 0.29) is 10.9 Å². The van der Waals surface area contributed by atoms with Gasteiger partial charge in [0.05, 0.1) is 11.5 Å². The highest BCUT2D eigenvalue weighted by atomic mass is 32.2. The number of rotatable bonds is 12. The van der Waals surface area contributed by atoms with Crippen molar-refractivity contribution in [3.8, 4) is 5.75 Å². The van der Waals surface area contributed by atoms with E-state index in [0.29, 0.717) is 49.3 Å². The van der Waals surface area contributed by atoms with E-state index in [1.165, 1.54) is 0 Å². The van der Waals surface area contributed by atoms with Crippen molar-refractivity contribution in [1.82, 2.24) is 25.3 Å². The molecule has 0 unspecified atom stereocenters. The molecule has 0 bridgehead atoms. The number of carbonyl (C=O) groups is 1. The summed E-state index contributed by atoms with van der Waals surface area (Å²) in [7, 11) is -3.67. The van der Waals surface area contributed by atoms with Crippen LogP contribution in [-0.2, 0) is 10.0 Å². The first-order valence-electron chi connectivity index (χ1n) is 12.7. The largest absolute Gasteiger partial charge is 0.494 e. The maximum atomic E-state index is 12.7. The first-order valence-corrected chi connectivity index (χ1v) is 14.2. The molecule has 0 aliphatic carbocycles. The molecule has 0 saturated heterocycles. The summed E-state index contributed by atoms with van der Waals surface area (Å²) in [6, 6.07) is 13.8. The summed E-state index contributed by atoms with van der Waals surface area (Å²) in [5.41, 5.74) is 1.56. The van der Waals surface area contributed by atoms with Gasteiger partial charge in [0.15, 0.2) is 0 Å². The summed E-state index contributed by atoms with van der Waals surface area (Å²) in [5.74, 6) is 1.64. The monoisotopic (exact) mass is 555 g/mol. The van der Waals surface area contributed by atoms with Crippen molar-refractivity contribution in [3.05, 3.63) is 60.3 Å². The molecule has 1 aromatic heterocycles. The standard InChI is InChI=1S/C27H37N7O4S/c1-6-28-26(35)29-15-8-16-38-22-13-11-20(12-14-22)32-25-30-18-19(2)24(33-25)31-21-9-7-10-23(17-21)39(36,37)34-27(3,4)5/h7,9-14,17-18,34H,6,8,15-16H2,1-5H3,(H2,28,29,35)(H2,30,31,32,33). The number of aromatic nitrogens is 2. The SMILES string of the molecule is CCNC(=O)NCCCOc1ccc(Nc2ncc(C)c(Nc3cccc(S(=O)(=O)NC(C)(C)C)c3)n2)cc1. The molecule has 0 saturated carbocycles. The Kier molecular flexibility index (Phi) is 10.1. The molecule has 1 heterocycles. The third-order valence-electron chi connectivity index (χ3n) is 5.14. The minimum Gasteiger partial charge on any atom is -0.494 e. The Labute approximate surface area is 230 Å². The maximum absolute atomic E-state index is 12.7. The van der Waals surface area contributed by atoms with Gasteiger partial charge in [0, 0.05) is 41.8 Å². The lowest BCUT2D eigenvalue weighted by molar-refractivity contribution is 0.239. The highest BCUT2D eigenvalue weighted by Crippen LogP contribution is 2.24. The number of carbonyl (C=O) groups excluding carboxylic acids is 1. The topological polar surface area (TPSA) is 146 Å². The quantitative estimate of drug-likeness (QED) is 0.206. The summed E-state index contributed by atoms with van der Waals surface area (Å²) >= 11 is 0. The van der Waals surface area contributed by atoms with Crippen LogP contribution < -0.4 is 30.7 Å². The van der Waals surface area contributed by atoms with Crippen molar-refractivity contribution >= 4 is 39.2 Å². The van der Waals surface area contributed by atoms with E-state index in [0.717, 1.165) is 11.3 Å². The van der Waals surface area contributed by atoms with Crippen molar-refractivity contribution in [2.75, 3.05) is 30.3 Å². The zero-order valence-corrected chi connectivity index (χ0v) is 23.8. The Hall–Kier alpha value is -3.90. The molecule has 2 amide bonds. The van der Waals surface area contributed by atoms with Crippen molar-refractivity contribution in [2.24, 2.45) is 0 Å². The maximum Gasteiger partial charge on any atom is 0.314 e. The van der Waals surface area contributed by atoms with E-state index in [9.17, 15) is 13.2 Å². The molecule has 0 radical (unpaired) electrons. The summed E-state index contributed by atoms with van der Waals surface area (Å²) < 4.78 is 33.9. The summed E-state index contributed by atoms with van der Waals surface area (Å²) in [5, 5.41) is 11.8. The molecule has 3 rings (SSSR count). The van der Waals surface area contributed by atoms with Gasteiger partial charge < -0.3 is 26.0 Å². The second kappa shape index (κ2) is 13.3. The van der Waals surface area contributed by atoms with Gasteiger partial charge in [-0.3, -0.25) is 0 Å². The van der Waals surface area contributed by atoms with Crippen molar-refractivity contribution in [2.45, 2.75) is 51.5 Å². The average Bonchev–Trinajstić information content (AvgIpc) is 2.86. The zero-order valence-electron chi connectivity index (χ0n) is 23.0. The number of urea groups is 1. The third-order valence-corrected chi connectivity index (χ3v) is 6.90. The van der Waals surface area contributed by atoms with Crippen molar-refractivity contribution in [1.29, 1.82) is 0 Å². The van der Waals surface area contributed by atoms with Crippen molar-refractivity contribution < 1.29 is 17.9 Å². The predicted molar refractivity (Wildman–Crippen MR) is 153 cm³/mol. The number of sulfonamides is 1. The van der Waals surface area contributed by atoms with Crippen LogP contribution in [0.3, 0.4) is 0 Å². The van der Waals surface area contributed by atoms with Gasteiger partial charge in [0.1, 0.15) is 11.6 Å². The van der Waals surface area contributed by atoms with E-state index in [4.69, 9.17) is 4.74 Å². The fourth-order valence-corrected chi connectivity index (χ4v) is 4.88. The number of nitrogens with one attached hydrogen (secondary N) is 5. The Morgan fingerprint density at radius 3 is 2.44 bits per heavy atom. The van der Waals surface area contributed by atoms with Crippen LogP contribution in [0.4, 0.5) is 27.9 Å². The molecule has 0 spiro atoms. The molecule has 0 atom stereocenters. The number of hydrogen-bond acceptors (Lipinski definition) is 8. The molecule has 5 N–H and O–H groups in total.